The molecule has 0 saturated carbocycles. The summed E-state index contributed by atoms with van der Waals surface area (Å²) in [6.45, 7) is 5.64. The highest BCUT2D eigenvalue weighted by atomic mass is 35.5. The van der Waals surface area contributed by atoms with Crippen LogP contribution in [-0.2, 0) is 0 Å². The van der Waals surface area contributed by atoms with Gasteiger partial charge in [-0.2, -0.15) is 0 Å². The number of nitrogens with two attached hydrogens (primary N) is 1. The molecule has 0 aliphatic heterocycles. The van der Waals surface area contributed by atoms with Crippen molar-refractivity contribution < 1.29 is 4.39 Å². The van der Waals surface area contributed by atoms with Crippen LogP contribution in [0.2, 0.25) is 5.02 Å². The normalized spacial score (nSPS) is 12.5. The average molecular weight is 278 g/mol. The number of hydrogen-bond acceptors (Lipinski definition) is 1. The van der Waals surface area contributed by atoms with E-state index in [0.717, 1.165) is 27.3 Å². The van der Waals surface area contributed by atoms with Crippen LogP contribution in [0.25, 0.3) is 0 Å². The van der Waals surface area contributed by atoms with E-state index >= 15 is 0 Å². The van der Waals surface area contributed by atoms with E-state index in [1.807, 2.05) is 32.0 Å². The van der Waals surface area contributed by atoms with Crippen molar-refractivity contribution in [1.29, 1.82) is 0 Å². The van der Waals surface area contributed by atoms with E-state index in [0.29, 0.717) is 5.56 Å². The zero-order valence-corrected chi connectivity index (χ0v) is 12.1. The second kappa shape index (κ2) is 5.32. The highest BCUT2D eigenvalue weighted by Gasteiger charge is 2.14. The first-order valence-electron chi connectivity index (χ1n) is 6.18. The van der Waals surface area contributed by atoms with Gasteiger partial charge in [-0.05, 0) is 60.7 Å². The minimum Gasteiger partial charge on any atom is -0.320 e. The zero-order valence-electron chi connectivity index (χ0n) is 11.3. The molecule has 0 aliphatic carbocycles. The number of hydrogen-bond donors (Lipinski definition) is 1. The Morgan fingerprint density at radius 2 is 1.68 bits per heavy atom. The Morgan fingerprint density at radius 3 is 2.32 bits per heavy atom. The Kier molecular flexibility index (Phi) is 3.93. The van der Waals surface area contributed by atoms with Gasteiger partial charge in [0.1, 0.15) is 5.82 Å². The van der Waals surface area contributed by atoms with Crippen LogP contribution in [-0.4, -0.2) is 0 Å². The van der Waals surface area contributed by atoms with E-state index in [4.69, 9.17) is 17.3 Å². The van der Waals surface area contributed by atoms with E-state index in [-0.39, 0.29) is 11.9 Å². The molecule has 0 saturated heterocycles. The molecule has 2 aromatic carbocycles. The van der Waals surface area contributed by atoms with Crippen LogP contribution in [0, 0.1) is 26.6 Å². The molecule has 2 aromatic rings. The molecule has 100 valence electrons. The van der Waals surface area contributed by atoms with Gasteiger partial charge in [0.2, 0.25) is 0 Å². The molecule has 1 atom stereocenters. The van der Waals surface area contributed by atoms with Crippen LogP contribution < -0.4 is 5.73 Å². The summed E-state index contributed by atoms with van der Waals surface area (Å²) in [6, 6.07) is 8.65. The Balaban J connectivity index is 2.46. The fourth-order valence-electron chi connectivity index (χ4n) is 2.12. The quantitative estimate of drug-likeness (QED) is 0.862. The standard InChI is InChI=1S/C16H17ClFN/c1-9-4-5-12(8-15(9)18)16(19)13-6-11(3)14(17)7-10(13)2/h4-8,16H,19H2,1-3H3. The van der Waals surface area contributed by atoms with E-state index in [1.165, 1.54) is 6.07 Å². The van der Waals surface area contributed by atoms with Crippen LogP contribution in [0.1, 0.15) is 33.9 Å². The fourth-order valence-corrected chi connectivity index (χ4v) is 2.34. The first-order chi connectivity index (χ1) is 8.90. The largest absolute Gasteiger partial charge is 0.320 e. The van der Waals surface area contributed by atoms with Crippen molar-refractivity contribution in [2.75, 3.05) is 0 Å². The van der Waals surface area contributed by atoms with Gasteiger partial charge in [-0.25, -0.2) is 4.39 Å². The third kappa shape index (κ3) is 2.80. The molecule has 1 nitrogen and oxygen atoms in total. The predicted molar refractivity (Wildman–Crippen MR) is 78.1 cm³/mol. The van der Waals surface area contributed by atoms with Crippen molar-refractivity contribution in [2.24, 2.45) is 5.73 Å². The maximum Gasteiger partial charge on any atom is 0.126 e. The lowest BCUT2D eigenvalue weighted by Crippen LogP contribution is -2.14. The highest BCUT2D eigenvalue weighted by molar-refractivity contribution is 6.31. The number of benzene rings is 2. The Morgan fingerprint density at radius 1 is 1.00 bits per heavy atom. The lowest BCUT2D eigenvalue weighted by Gasteiger charge is -2.17. The highest BCUT2D eigenvalue weighted by Crippen LogP contribution is 2.28. The monoisotopic (exact) mass is 277 g/mol. The topological polar surface area (TPSA) is 26.0 Å². The van der Waals surface area contributed by atoms with E-state index in [9.17, 15) is 4.39 Å². The van der Waals surface area contributed by atoms with Gasteiger partial charge in [0.15, 0.2) is 0 Å². The molecule has 19 heavy (non-hydrogen) atoms. The summed E-state index contributed by atoms with van der Waals surface area (Å²) in [7, 11) is 0. The van der Waals surface area contributed by atoms with Crippen molar-refractivity contribution in [3.63, 3.8) is 0 Å². The molecule has 0 aromatic heterocycles. The lowest BCUT2D eigenvalue weighted by atomic mass is 9.93. The van der Waals surface area contributed by atoms with Crippen LogP contribution in [0.5, 0.6) is 0 Å². The molecule has 0 fully saturated rings. The molecule has 2 N–H and O–H groups in total. The molecule has 0 amide bonds. The van der Waals surface area contributed by atoms with Gasteiger partial charge >= 0.3 is 0 Å². The molecular weight excluding hydrogens is 261 g/mol. The third-order valence-electron chi connectivity index (χ3n) is 3.44. The van der Waals surface area contributed by atoms with Crippen molar-refractivity contribution in [3.8, 4) is 0 Å². The van der Waals surface area contributed by atoms with Gasteiger partial charge in [-0.15, -0.1) is 0 Å². The summed E-state index contributed by atoms with van der Waals surface area (Å²) in [5.74, 6) is -0.226. The van der Waals surface area contributed by atoms with Gasteiger partial charge in [-0.3, -0.25) is 0 Å². The lowest BCUT2D eigenvalue weighted by molar-refractivity contribution is 0.614. The molecule has 0 radical (unpaired) electrons. The second-order valence-corrected chi connectivity index (χ2v) is 5.35. The van der Waals surface area contributed by atoms with Crippen molar-refractivity contribution in [3.05, 3.63) is 69.0 Å². The molecule has 3 heteroatoms. The zero-order chi connectivity index (χ0) is 14.2. The van der Waals surface area contributed by atoms with Gasteiger partial charge in [0.25, 0.3) is 0 Å². The summed E-state index contributed by atoms with van der Waals surface area (Å²) >= 11 is 6.08. The van der Waals surface area contributed by atoms with E-state index in [1.54, 1.807) is 13.0 Å². The predicted octanol–water partition coefficient (Wildman–Crippen LogP) is 4.45. The number of rotatable bonds is 2. The molecule has 0 aliphatic rings. The SMILES string of the molecule is Cc1ccc(C(N)c2cc(C)c(Cl)cc2C)cc1F. The molecular formula is C16H17ClFN. The van der Waals surface area contributed by atoms with E-state index < -0.39 is 0 Å². The number of aryl methyl sites for hydroxylation is 3. The molecule has 0 bridgehead atoms. The minimum absolute atomic E-state index is 0.226. The summed E-state index contributed by atoms with van der Waals surface area (Å²) in [4.78, 5) is 0. The van der Waals surface area contributed by atoms with Crippen LogP contribution in [0.4, 0.5) is 4.39 Å². The van der Waals surface area contributed by atoms with Gasteiger partial charge in [0.05, 0.1) is 6.04 Å². The van der Waals surface area contributed by atoms with Crippen molar-refractivity contribution >= 4 is 11.6 Å². The second-order valence-electron chi connectivity index (χ2n) is 4.94. The van der Waals surface area contributed by atoms with Gasteiger partial charge < -0.3 is 5.73 Å². The Labute approximate surface area is 118 Å². The Hall–Kier alpha value is -1.38. The maximum atomic E-state index is 13.6. The smallest absolute Gasteiger partial charge is 0.126 e. The van der Waals surface area contributed by atoms with Crippen LogP contribution in [0.15, 0.2) is 30.3 Å². The van der Waals surface area contributed by atoms with Gasteiger partial charge in [0, 0.05) is 5.02 Å². The third-order valence-corrected chi connectivity index (χ3v) is 3.84. The van der Waals surface area contributed by atoms with Crippen molar-refractivity contribution in [1.82, 2.24) is 0 Å². The molecule has 1 unspecified atom stereocenters. The minimum atomic E-state index is -0.342. The number of halogens is 2. The average Bonchev–Trinajstić information content (AvgIpc) is 2.36. The first kappa shape index (κ1) is 14.0. The van der Waals surface area contributed by atoms with Gasteiger partial charge in [-0.1, -0.05) is 29.8 Å². The Bertz CT molecular complexity index is 622. The summed E-state index contributed by atoms with van der Waals surface area (Å²) in [6.07, 6.45) is 0. The maximum absolute atomic E-state index is 13.6. The van der Waals surface area contributed by atoms with Crippen molar-refractivity contribution in [2.45, 2.75) is 26.8 Å². The van der Waals surface area contributed by atoms with Crippen LogP contribution >= 0.6 is 11.6 Å². The van der Waals surface area contributed by atoms with Crippen LogP contribution in [0.3, 0.4) is 0 Å². The fraction of sp³-hybridized carbons (Fsp3) is 0.250. The molecule has 0 heterocycles. The summed E-state index contributed by atoms with van der Waals surface area (Å²) in [5, 5.41) is 0.725. The summed E-state index contributed by atoms with van der Waals surface area (Å²) in [5.41, 5.74) is 10.6. The first-order valence-corrected chi connectivity index (χ1v) is 6.56. The molecule has 0 spiro atoms. The summed E-state index contributed by atoms with van der Waals surface area (Å²) < 4.78 is 13.6. The molecule has 2 rings (SSSR count). The van der Waals surface area contributed by atoms with E-state index in [2.05, 4.69) is 0 Å².